The van der Waals surface area contributed by atoms with E-state index in [0.717, 1.165) is 6.42 Å². The molecule has 5 atom stereocenters. The fourth-order valence-corrected chi connectivity index (χ4v) is 2.20. The van der Waals surface area contributed by atoms with Gasteiger partial charge in [0.2, 0.25) is 6.29 Å². The fourth-order valence-electron chi connectivity index (χ4n) is 2.20. The summed E-state index contributed by atoms with van der Waals surface area (Å²) in [6.45, 7) is 4.38. The van der Waals surface area contributed by atoms with Crippen LogP contribution >= 0.6 is 0 Å². The van der Waals surface area contributed by atoms with Crippen molar-refractivity contribution in [3.8, 4) is 0 Å². The van der Waals surface area contributed by atoms with Crippen LogP contribution < -0.4 is 5.73 Å². The van der Waals surface area contributed by atoms with E-state index in [9.17, 15) is 4.79 Å². The molecule has 0 saturated carbocycles. The third-order valence-electron chi connectivity index (χ3n) is 3.02. The molecule has 1 aliphatic heterocycles. The molecule has 0 aromatic rings. The summed E-state index contributed by atoms with van der Waals surface area (Å²) < 4.78 is 27.0. The van der Waals surface area contributed by atoms with Gasteiger partial charge in [0, 0.05) is 20.8 Å². The molecule has 0 unspecified atom stereocenters. The number of nitrogens with two attached hydrogens (primary N) is 1. The van der Waals surface area contributed by atoms with E-state index in [2.05, 4.69) is 0 Å². The van der Waals surface area contributed by atoms with Crippen LogP contribution in [0.5, 0.6) is 0 Å². The van der Waals surface area contributed by atoms with Crippen LogP contribution in [-0.2, 0) is 23.7 Å². The minimum atomic E-state index is -0.913. The van der Waals surface area contributed by atoms with Crippen molar-refractivity contribution in [2.24, 2.45) is 5.73 Å². The van der Waals surface area contributed by atoms with E-state index in [-0.39, 0.29) is 18.3 Å². The Labute approximate surface area is 113 Å². The molecule has 0 aromatic heterocycles. The highest BCUT2D eigenvalue weighted by atomic mass is 16.7. The molecule has 1 rings (SSSR count). The van der Waals surface area contributed by atoms with Crippen LogP contribution in [0.15, 0.2) is 0 Å². The maximum absolute atomic E-state index is 10.9. The number of carbonyl (C=O) groups excluding carboxylic acids is 1. The lowest BCUT2D eigenvalue weighted by atomic mass is 9.99. The zero-order chi connectivity index (χ0) is 14.4. The Hall–Kier alpha value is -0.890. The van der Waals surface area contributed by atoms with Crippen LogP contribution in [0.3, 0.4) is 0 Å². The summed E-state index contributed by atoms with van der Waals surface area (Å²) >= 11 is 0. The summed E-state index contributed by atoms with van der Waals surface area (Å²) in [6.07, 6.45) is -2.52. The normalized spacial score (nSPS) is 35.1. The Morgan fingerprint density at radius 1 is 1.21 bits per heavy atom. The van der Waals surface area contributed by atoms with Crippen molar-refractivity contribution in [1.29, 1.82) is 0 Å². The van der Waals surface area contributed by atoms with Crippen LogP contribution in [0.1, 0.15) is 20.3 Å². The van der Waals surface area contributed by atoms with E-state index >= 15 is 0 Å². The second-order valence-corrected chi connectivity index (χ2v) is 4.38. The summed E-state index contributed by atoms with van der Waals surface area (Å²) in [5.41, 5.74) is 5.03. The molecule has 1 heterocycles. The molecule has 1 saturated heterocycles. The Morgan fingerprint density at radius 2 is 1.84 bits per heavy atom. The topological polar surface area (TPSA) is 89.2 Å². The third kappa shape index (κ3) is 4.04. The summed E-state index contributed by atoms with van der Waals surface area (Å²) in [6, 6.07) is 0. The fraction of sp³-hybridized carbons (Fsp3) is 0.917. The lowest BCUT2D eigenvalue weighted by Crippen LogP contribution is -2.60. The van der Waals surface area contributed by atoms with Gasteiger partial charge in [-0.25, -0.2) is 4.79 Å². The van der Waals surface area contributed by atoms with E-state index in [4.69, 9.17) is 29.4 Å². The average Bonchev–Trinajstić information content (AvgIpc) is 2.35. The molecule has 0 bridgehead atoms. The molecular formula is C12H23NO6. The average molecular weight is 277 g/mol. The smallest absolute Gasteiger partial charge is 0.406 e. The quantitative estimate of drug-likeness (QED) is 0.767. The molecule has 1 amide bonds. The SMILES string of the molecule is CCCO[C@@H]1[C@@H](OC)[C@H](C)O[C@@H](OC(N)=O)[C@@H]1OC. The van der Waals surface area contributed by atoms with E-state index in [0.29, 0.717) is 6.61 Å². The Morgan fingerprint density at radius 3 is 2.32 bits per heavy atom. The van der Waals surface area contributed by atoms with Crippen LogP contribution in [0.25, 0.3) is 0 Å². The Kier molecular flexibility index (Phi) is 6.50. The zero-order valence-corrected chi connectivity index (χ0v) is 11.8. The first kappa shape index (κ1) is 16.2. The van der Waals surface area contributed by atoms with Gasteiger partial charge in [-0.15, -0.1) is 0 Å². The van der Waals surface area contributed by atoms with Crippen molar-refractivity contribution < 1.29 is 28.5 Å². The van der Waals surface area contributed by atoms with E-state index in [1.807, 2.05) is 13.8 Å². The van der Waals surface area contributed by atoms with Crippen LogP contribution in [0, 0.1) is 0 Å². The Balaban J connectivity index is 2.85. The van der Waals surface area contributed by atoms with Gasteiger partial charge in [0.25, 0.3) is 0 Å². The minimum absolute atomic E-state index is 0.302. The molecule has 2 N–H and O–H groups in total. The number of amides is 1. The van der Waals surface area contributed by atoms with Crippen LogP contribution in [0.4, 0.5) is 4.79 Å². The molecule has 7 heteroatoms. The first-order valence-electron chi connectivity index (χ1n) is 6.33. The van der Waals surface area contributed by atoms with Gasteiger partial charge in [0.15, 0.2) is 0 Å². The number of rotatable bonds is 6. The highest BCUT2D eigenvalue weighted by molar-refractivity contribution is 5.64. The first-order valence-corrected chi connectivity index (χ1v) is 6.33. The summed E-state index contributed by atoms with van der Waals surface area (Å²) in [4.78, 5) is 10.9. The second kappa shape index (κ2) is 7.64. The van der Waals surface area contributed by atoms with Gasteiger partial charge in [-0.05, 0) is 13.3 Å². The number of hydrogen-bond acceptors (Lipinski definition) is 6. The van der Waals surface area contributed by atoms with Crippen molar-refractivity contribution in [3.63, 3.8) is 0 Å². The van der Waals surface area contributed by atoms with Crippen molar-refractivity contribution in [2.45, 2.75) is 51.0 Å². The molecule has 0 spiro atoms. The van der Waals surface area contributed by atoms with E-state index in [1.54, 1.807) is 7.11 Å². The molecule has 0 aromatic carbocycles. The molecule has 112 valence electrons. The molecule has 19 heavy (non-hydrogen) atoms. The van der Waals surface area contributed by atoms with Crippen molar-refractivity contribution >= 4 is 6.09 Å². The maximum Gasteiger partial charge on any atom is 0.406 e. The molecule has 7 nitrogen and oxygen atoms in total. The van der Waals surface area contributed by atoms with Gasteiger partial charge in [-0.1, -0.05) is 6.92 Å². The van der Waals surface area contributed by atoms with Gasteiger partial charge in [-0.3, -0.25) is 0 Å². The lowest BCUT2D eigenvalue weighted by molar-refractivity contribution is -0.293. The monoisotopic (exact) mass is 277 g/mol. The Bertz CT molecular complexity index is 287. The van der Waals surface area contributed by atoms with E-state index in [1.165, 1.54) is 7.11 Å². The first-order chi connectivity index (χ1) is 9.04. The minimum Gasteiger partial charge on any atom is -0.417 e. The predicted molar refractivity (Wildman–Crippen MR) is 66.6 cm³/mol. The molecule has 1 fully saturated rings. The van der Waals surface area contributed by atoms with Crippen molar-refractivity contribution in [1.82, 2.24) is 0 Å². The summed E-state index contributed by atoms with van der Waals surface area (Å²) in [5, 5.41) is 0. The van der Waals surface area contributed by atoms with Crippen molar-refractivity contribution in [3.05, 3.63) is 0 Å². The summed E-state index contributed by atoms with van der Waals surface area (Å²) in [5.74, 6) is 0. The number of hydrogen-bond donors (Lipinski definition) is 1. The number of primary amides is 1. The second-order valence-electron chi connectivity index (χ2n) is 4.38. The van der Waals surface area contributed by atoms with Gasteiger partial charge in [0.05, 0.1) is 6.10 Å². The highest BCUT2D eigenvalue weighted by Gasteiger charge is 2.47. The van der Waals surface area contributed by atoms with Gasteiger partial charge in [0.1, 0.15) is 18.3 Å². The number of ether oxygens (including phenoxy) is 5. The van der Waals surface area contributed by atoms with Crippen LogP contribution in [0.2, 0.25) is 0 Å². The number of carbonyl (C=O) groups is 1. The standard InChI is InChI=1S/C12H23NO6/c1-5-6-17-9-8(15-3)7(2)18-11(10(9)16-4)19-12(13)14/h7-11H,5-6H2,1-4H3,(H2,13,14)/t7-,8-,9+,10+,11-/m0/s1. The van der Waals surface area contributed by atoms with Gasteiger partial charge >= 0.3 is 6.09 Å². The third-order valence-corrected chi connectivity index (χ3v) is 3.02. The maximum atomic E-state index is 10.9. The molecule has 1 aliphatic rings. The van der Waals surface area contributed by atoms with E-state index < -0.39 is 18.5 Å². The lowest BCUT2D eigenvalue weighted by Gasteiger charge is -2.43. The summed E-state index contributed by atoms with van der Waals surface area (Å²) in [7, 11) is 3.07. The zero-order valence-electron chi connectivity index (χ0n) is 11.8. The molecule has 0 radical (unpaired) electrons. The van der Waals surface area contributed by atoms with Crippen LogP contribution in [-0.4, -0.2) is 57.6 Å². The molecule has 0 aliphatic carbocycles. The largest absolute Gasteiger partial charge is 0.417 e. The van der Waals surface area contributed by atoms with Gasteiger partial charge < -0.3 is 29.4 Å². The highest BCUT2D eigenvalue weighted by Crippen LogP contribution is 2.28. The molecular weight excluding hydrogens is 254 g/mol. The predicted octanol–water partition coefficient (Wildman–Crippen LogP) is 0.652. The van der Waals surface area contributed by atoms with Crippen molar-refractivity contribution in [2.75, 3.05) is 20.8 Å². The van der Waals surface area contributed by atoms with Gasteiger partial charge in [-0.2, -0.15) is 0 Å². The number of methoxy groups -OCH3 is 2.